The molecule has 0 aromatic heterocycles. The van der Waals surface area contributed by atoms with Crippen LogP contribution < -0.4 is 0 Å². The van der Waals surface area contributed by atoms with E-state index in [-0.39, 0.29) is 24.4 Å². The second-order valence-corrected chi connectivity index (χ2v) is 6.84. The first-order valence-corrected chi connectivity index (χ1v) is 8.20. The first-order valence-electron chi connectivity index (χ1n) is 8.20. The van der Waals surface area contributed by atoms with Crippen LogP contribution in [0.3, 0.4) is 0 Å². The lowest BCUT2D eigenvalue weighted by Crippen LogP contribution is -2.57. The number of aliphatic hydroxyl groups is 2. The van der Waals surface area contributed by atoms with E-state index in [9.17, 15) is 10.2 Å². The van der Waals surface area contributed by atoms with Crippen LogP contribution in [0.5, 0.6) is 0 Å². The number of fused-ring (bicyclic) bond motifs is 1. The highest BCUT2D eigenvalue weighted by Gasteiger charge is 2.67. The van der Waals surface area contributed by atoms with E-state index in [0.29, 0.717) is 12.2 Å². The van der Waals surface area contributed by atoms with Crippen molar-refractivity contribution in [2.45, 2.75) is 37.1 Å². The maximum atomic E-state index is 10.9. The summed E-state index contributed by atoms with van der Waals surface area (Å²) in [5, 5.41) is 20.9. The van der Waals surface area contributed by atoms with Gasteiger partial charge in [0.15, 0.2) is 0 Å². The largest absolute Gasteiger partial charge is 0.498 e. The van der Waals surface area contributed by atoms with Gasteiger partial charge in [-0.1, -0.05) is 31.2 Å². The zero-order valence-electron chi connectivity index (χ0n) is 13.9. The first kappa shape index (κ1) is 16.5. The molecule has 3 rings (SSSR count). The van der Waals surface area contributed by atoms with Gasteiger partial charge in [-0.05, 0) is 12.8 Å². The van der Waals surface area contributed by atoms with Crippen molar-refractivity contribution in [2.75, 3.05) is 13.7 Å². The summed E-state index contributed by atoms with van der Waals surface area (Å²) in [5.41, 5.74) is -0.711. The SMILES string of the molecule is C=C[C@@H]1CC=C[C@@H]2C[C@]3(CO)O[C@]12C([C@@H](C)C=C)=C(OC)[C@@H]3O. The molecule has 2 heterocycles. The molecule has 23 heavy (non-hydrogen) atoms. The van der Waals surface area contributed by atoms with Gasteiger partial charge in [-0.2, -0.15) is 0 Å². The summed E-state index contributed by atoms with van der Waals surface area (Å²) < 4.78 is 12.1. The third-order valence-corrected chi connectivity index (χ3v) is 5.81. The standard InChI is InChI=1S/C19H26O4/c1-5-12(3)15-16(22-4)17(21)18(11-20)10-14-9-7-8-13(6-2)19(14,15)23-18/h5-7,9,12-14,17,20-21H,1-2,8,10-11H2,3-4H3/t12-,13+,14+,17-,18+,19+/m0/s1. The zero-order valence-corrected chi connectivity index (χ0v) is 13.9. The molecule has 4 nitrogen and oxygen atoms in total. The monoisotopic (exact) mass is 318 g/mol. The molecule has 0 radical (unpaired) electrons. The van der Waals surface area contributed by atoms with Crippen LogP contribution in [0.2, 0.25) is 0 Å². The minimum Gasteiger partial charge on any atom is -0.498 e. The van der Waals surface area contributed by atoms with Gasteiger partial charge in [-0.3, -0.25) is 0 Å². The smallest absolute Gasteiger partial charge is 0.142 e. The van der Waals surface area contributed by atoms with E-state index in [1.54, 1.807) is 7.11 Å². The fourth-order valence-corrected chi connectivity index (χ4v) is 4.68. The minimum atomic E-state index is -1.02. The van der Waals surface area contributed by atoms with Crippen molar-refractivity contribution in [1.82, 2.24) is 0 Å². The molecule has 1 aliphatic carbocycles. The molecule has 4 heteroatoms. The summed E-state index contributed by atoms with van der Waals surface area (Å²) in [5.74, 6) is 0.653. The molecule has 0 amide bonds. The summed E-state index contributed by atoms with van der Waals surface area (Å²) in [6, 6.07) is 0. The Morgan fingerprint density at radius 1 is 1.52 bits per heavy atom. The number of methoxy groups -OCH3 is 1. The van der Waals surface area contributed by atoms with Gasteiger partial charge in [0.2, 0.25) is 0 Å². The summed E-state index contributed by atoms with van der Waals surface area (Å²) in [7, 11) is 1.57. The Bertz CT molecular complexity index is 578. The maximum Gasteiger partial charge on any atom is 0.142 e. The lowest BCUT2D eigenvalue weighted by Gasteiger charge is -2.50. The van der Waals surface area contributed by atoms with E-state index in [4.69, 9.17) is 9.47 Å². The summed E-state index contributed by atoms with van der Waals surface area (Å²) >= 11 is 0. The Kier molecular flexibility index (Phi) is 4.03. The topological polar surface area (TPSA) is 58.9 Å². The van der Waals surface area contributed by atoms with Crippen LogP contribution in [0.15, 0.2) is 48.8 Å². The number of hydrogen-bond donors (Lipinski definition) is 2. The average molecular weight is 318 g/mol. The second-order valence-electron chi connectivity index (χ2n) is 6.84. The Labute approximate surface area is 137 Å². The molecule has 1 spiro atoms. The van der Waals surface area contributed by atoms with Crippen LogP contribution in [-0.2, 0) is 9.47 Å². The molecule has 2 N–H and O–H groups in total. The highest BCUT2D eigenvalue weighted by atomic mass is 16.6. The lowest BCUT2D eigenvalue weighted by atomic mass is 9.65. The summed E-state index contributed by atoms with van der Waals surface area (Å²) in [6.45, 7) is 9.70. The molecule has 0 unspecified atom stereocenters. The third kappa shape index (κ3) is 1.95. The summed E-state index contributed by atoms with van der Waals surface area (Å²) in [4.78, 5) is 0. The lowest BCUT2D eigenvalue weighted by molar-refractivity contribution is -0.193. The Hall–Kier alpha value is -1.36. The molecule has 1 fully saturated rings. The van der Waals surface area contributed by atoms with Gasteiger partial charge in [-0.15, -0.1) is 13.2 Å². The predicted molar refractivity (Wildman–Crippen MR) is 88.6 cm³/mol. The van der Waals surface area contributed by atoms with Crippen LogP contribution in [-0.4, -0.2) is 41.2 Å². The van der Waals surface area contributed by atoms with E-state index in [1.165, 1.54) is 0 Å². The number of rotatable bonds is 5. The molecular weight excluding hydrogens is 292 g/mol. The summed E-state index contributed by atoms with van der Waals surface area (Å²) in [6.07, 6.45) is 8.47. The van der Waals surface area contributed by atoms with Gasteiger partial charge in [0.05, 0.1) is 13.7 Å². The van der Waals surface area contributed by atoms with Crippen molar-refractivity contribution in [3.63, 3.8) is 0 Å². The fraction of sp³-hybridized carbons (Fsp3) is 0.579. The van der Waals surface area contributed by atoms with Crippen LogP contribution in [0, 0.1) is 17.8 Å². The molecule has 1 saturated heterocycles. The zero-order chi connectivity index (χ0) is 16.8. The molecule has 0 saturated carbocycles. The van der Waals surface area contributed by atoms with Gasteiger partial charge in [0.1, 0.15) is 23.1 Å². The van der Waals surface area contributed by atoms with Gasteiger partial charge in [-0.25, -0.2) is 0 Å². The molecule has 0 aromatic rings. The van der Waals surface area contributed by atoms with Crippen molar-refractivity contribution >= 4 is 0 Å². The van der Waals surface area contributed by atoms with E-state index in [1.807, 2.05) is 19.1 Å². The van der Waals surface area contributed by atoms with Crippen molar-refractivity contribution in [2.24, 2.45) is 17.8 Å². The highest BCUT2D eigenvalue weighted by Crippen LogP contribution is 2.61. The highest BCUT2D eigenvalue weighted by molar-refractivity contribution is 5.43. The first-order chi connectivity index (χ1) is 11.0. The maximum absolute atomic E-state index is 10.9. The van der Waals surface area contributed by atoms with E-state index >= 15 is 0 Å². The van der Waals surface area contributed by atoms with Gasteiger partial charge in [0.25, 0.3) is 0 Å². The molecular formula is C19H26O4. The van der Waals surface area contributed by atoms with Crippen molar-refractivity contribution in [1.29, 1.82) is 0 Å². The minimum absolute atomic E-state index is 0.00848. The number of hydrogen-bond acceptors (Lipinski definition) is 4. The molecule has 3 aliphatic rings. The van der Waals surface area contributed by atoms with Gasteiger partial charge < -0.3 is 19.7 Å². The average Bonchev–Trinajstić information content (AvgIpc) is 2.90. The number of allylic oxidation sites excluding steroid dienone is 2. The Morgan fingerprint density at radius 3 is 2.83 bits per heavy atom. The normalized spacial score (nSPS) is 43.0. The fourth-order valence-electron chi connectivity index (χ4n) is 4.68. The molecule has 2 aliphatic heterocycles. The van der Waals surface area contributed by atoms with Crippen LogP contribution in [0.4, 0.5) is 0 Å². The Morgan fingerprint density at radius 2 is 2.26 bits per heavy atom. The van der Waals surface area contributed by atoms with E-state index in [2.05, 4.69) is 25.3 Å². The number of ether oxygens (including phenoxy) is 2. The van der Waals surface area contributed by atoms with E-state index in [0.717, 1.165) is 12.0 Å². The van der Waals surface area contributed by atoms with Crippen LogP contribution in [0.25, 0.3) is 0 Å². The third-order valence-electron chi connectivity index (χ3n) is 5.81. The van der Waals surface area contributed by atoms with Gasteiger partial charge >= 0.3 is 0 Å². The van der Waals surface area contributed by atoms with Crippen LogP contribution in [0.1, 0.15) is 19.8 Å². The molecule has 6 atom stereocenters. The molecule has 2 bridgehead atoms. The number of aliphatic hydroxyl groups excluding tert-OH is 2. The van der Waals surface area contributed by atoms with Crippen LogP contribution >= 0.6 is 0 Å². The quantitative estimate of drug-likeness (QED) is 0.764. The van der Waals surface area contributed by atoms with Gasteiger partial charge in [0, 0.05) is 23.3 Å². The van der Waals surface area contributed by atoms with Crippen molar-refractivity contribution in [3.05, 3.63) is 48.8 Å². The predicted octanol–water partition coefficient (Wildman–Crippen LogP) is 2.35. The molecule has 126 valence electrons. The van der Waals surface area contributed by atoms with E-state index < -0.39 is 17.3 Å². The van der Waals surface area contributed by atoms with Crippen molar-refractivity contribution in [3.8, 4) is 0 Å². The Balaban J connectivity index is 2.30. The van der Waals surface area contributed by atoms with Crippen molar-refractivity contribution < 1.29 is 19.7 Å². The second kappa shape index (κ2) is 5.62. The molecule has 0 aromatic carbocycles.